The summed E-state index contributed by atoms with van der Waals surface area (Å²) in [7, 11) is -3.06. The molecular formula is C22H38IN5O2S. The summed E-state index contributed by atoms with van der Waals surface area (Å²) in [5.74, 6) is 1.29. The summed E-state index contributed by atoms with van der Waals surface area (Å²) in [6.07, 6.45) is 5.71. The normalized spacial score (nSPS) is 19.2. The monoisotopic (exact) mass is 563 g/mol. The van der Waals surface area contributed by atoms with Crippen LogP contribution in [-0.2, 0) is 23.1 Å². The molecule has 1 aromatic rings. The van der Waals surface area contributed by atoms with Crippen LogP contribution in [-0.4, -0.2) is 69.1 Å². The molecule has 0 bridgehead atoms. The van der Waals surface area contributed by atoms with Gasteiger partial charge in [-0.2, -0.15) is 0 Å². The number of rotatable bonds is 8. The summed E-state index contributed by atoms with van der Waals surface area (Å²) in [4.78, 5) is 7.25. The van der Waals surface area contributed by atoms with E-state index >= 15 is 0 Å². The molecular weight excluding hydrogens is 525 g/mol. The highest BCUT2D eigenvalue weighted by Crippen LogP contribution is 2.18. The first-order valence-electron chi connectivity index (χ1n) is 11.2. The summed E-state index contributed by atoms with van der Waals surface area (Å²) >= 11 is 0. The molecule has 9 heteroatoms. The van der Waals surface area contributed by atoms with E-state index in [9.17, 15) is 8.42 Å². The highest BCUT2D eigenvalue weighted by Gasteiger charge is 2.24. The minimum absolute atomic E-state index is 0. The van der Waals surface area contributed by atoms with Gasteiger partial charge in [-0.05, 0) is 62.7 Å². The topological polar surface area (TPSA) is 77.0 Å². The van der Waals surface area contributed by atoms with E-state index in [-0.39, 0.29) is 24.0 Å². The Balaban J connectivity index is 0.00000341. The number of guanidine groups is 1. The zero-order valence-electron chi connectivity index (χ0n) is 18.8. The average molecular weight is 564 g/mol. The second-order valence-corrected chi connectivity index (χ2v) is 10.5. The van der Waals surface area contributed by atoms with Gasteiger partial charge in [0.05, 0.1) is 12.8 Å². The Morgan fingerprint density at radius 2 is 1.65 bits per heavy atom. The lowest BCUT2D eigenvalue weighted by atomic mass is 9.98. The minimum Gasteiger partial charge on any atom is -0.357 e. The lowest BCUT2D eigenvalue weighted by Gasteiger charge is -2.30. The van der Waals surface area contributed by atoms with Crippen LogP contribution in [0, 0.1) is 5.92 Å². The first-order valence-corrected chi connectivity index (χ1v) is 13.1. The highest BCUT2D eigenvalue weighted by molar-refractivity contribution is 14.0. The molecule has 2 fully saturated rings. The van der Waals surface area contributed by atoms with Crippen molar-refractivity contribution >= 4 is 40.0 Å². The smallest absolute Gasteiger partial charge is 0.211 e. The molecule has 0 radical (unpaired) electrons. The Labute approximate surface area is 205 Å². The van der Waals surface area contributed by atoms with Gasteiger partial charge in [-0.1, -0.05) is 24.3 Å². The van der Waals surface area contributed by atoms with Gasteiger partial charge in [-0.25, -0.2) is 17.7 Å². The van der Waals surface area contributed by atoms with Gasteiger partial charge >= 0.3 is 0 Å². The maximum absolute atomic E-state index is 11.7. The third kappa shape index (κ3) is 8.86. The van der Waals surface area contributed by atoms with E-state index in [4.69, 9.17) is 4.99 Å². The minimum atomic E-state index is -3.06. The Hall–Kier alpha value is -0.910. The van der Waals surface area contributed by atoms with Crippen molar-refractivity contribution in [2.45, 2.75) is 45.7 Å². The van der Waals surface area contributed by atoms with Crippen LogP contribution in [0.4, 0.5) is 0 Å². The lowest BCUT2D eigenvalue weighted by Crippen LogP contribution is -2.44. The van der Waals surface area contributed by atoms with E-state index in [0.717, 1.165) is 38.4 Å². The molecule has 2 aliphatic heterocycles. The van der Waals surface area contributed by atoms with Crippen molar-refractivity contribution in [2.75, 3.05) is 45.5 Å². The van der Waals surface area contributed by atoms with E-state index in [1.165, 1.54) is 43.3 Å². The molecule has 1 aromatic carbocycles. The summed E-state index contributed by atoms with van der Waals surface area (Å²) in [5.41, 5.74) is 2.58. The number of hydrogen-bond acceptors (Lipinski definition) is 4. The summed E-state index contributed by atoms with van der Waals surface area (Å²) in [5, 5.41) is 6.75. The Morgan fingerprint density at radius 1 is 1.03 bits per heavy atom. The maximum atomic E-state index is 11.7. The molecule has 0 unspecified atom stereocenters. The Kier molecular flexibility index (Phi) is 11.0. The molecule has 176 valence electrons. The maximum Gasteiger partial charge on any atom is 0.211 e. The van der Waals surface area contributed by atoms with Crippen molar-refractivity contribution in [1.29, 1.82) is 0 Å². The predicted octanol–water partition coefficient (Wildman–Crippen LogP) is 2.63. The SMILES string of the molecule is CCNC(=NCc1ccc(CN2CCCC2)cc1)NCC1CCN(S(C)(=O)=O)CC1.I. The van der Waals surface area contributed by atoms with Gasteiger partial charge in [0.25, 0.3) is 0 Å². The fourth-order valence-electron chi connectivity index (χ4n) is 4.15. The van der Waals surface area contributed by atoms with Crippen molar-refractivity contribution in [1.82, 2.24) is 19.8 Å². The molecule has 0 aromatic heterocycles. The largest absolute Gasteiger partial charge is 0.357 e. The number of hydrogen-bond donors (Lipinski definition) is 2. The zero-order valence-corrected chi connectivity index (χ0v) is 22.0. The summed E-state index contributed by atoms with van der Waals surface area (Å²) < 4.78 is 24.9. The van der Waals surface area contributed by atoms with Crippen molar-refractivity contribution in [3.05, 3.63) is 35.4 Å². The first kappa shape index (κ1) is 26.3. The van der Waals surface area contributed by atoms with E-state index in [0.29, 0.717) is 25.6 Å². The molecule has 31 heavy (non-hydrogen) atoms. The van der Waals surface area contributed by atoms with Crippen LogP contribution in [0.3, 0.4) is 0 Å². The standard InChI is InChI=1S/C22H37N5O2S.HI/c1-3-23-22(25-17-20-10-14-27(15-11-20)30(2,28)29)24-16-19-6-8-21(9-7-19)18-26-12-4-5-13-26;/h6-9,20H,3-5,10-18H2,1-2H3,(H2,23,24,25);1H. The van der Waals surface area contributed by atoms with E-state index in [2.05, 4.69) is 46.7 Å². The zero-order chi connectivity index (χ0) is 21.4. The number of aliphatic imine (C=N–C) groups is 1. The predicted molar refractivity (Wildman–Crippen MR) is 138 cm³/mol. The molecule has 0 spiro atoms. The van der Waals surface area contributed by atoms with Crippen molar-refractivity contribution < 1.29 is 8.42 Å². The Morgan fingerprint density at radius 3 is 2.23 bits per heavy atom. The van der Waals surface area contributed by atoms with Crippen LogP contribution >= 0.6 is 24.0 Å². The van der Waals surface area contributed by atoms with Gasteiger partial charge in [0.2, 0.25) is 10.0 Å². The lowest BCUT2D eigenvalue weighted by molar-refractivity contribution is 0.275. The third-order valence-electron chi connectivity index (χ3n) is 5.99. The van der Waals surface area contributed by atoms with Crippen molar-refractivity contribution in [3.8, 4) is 0 Å². The van der Waals surface area contributed by atoms with Gasteiger partial charge in [-0.15, -0.1) is 24.0 Å². The number of likely N-dealkylation sites (tertiary alicyclic amines) is 1. The molecule has 0 aliphatic carbocycles. The van der Waals surface area contributed by atoms with Gasteiger partial charge in [0.15, 0.2) is 5.96 Å². The molecule has 2 saturated heterocycles. The van der Waals surface area contributed by atoms with E-state index in [1.807, 2.05) is 0 Å². The van der Waals surface area contributed by atoms with Crippen LogP contribution < -0.4 is 10.6 Å². The fraction of sp³-hybridized carbons (Fsp3) is 0.682. The number of nitrogens with zero attached hydrogens (tertiary/aromatic N) is 3. The summed E-state index contributed by atoms with van der Waals surface area (Å²) in [6.45, 7) is 9.05. The molecule has 0 saturated carbocycles. The number of benzene rings is 1. The number of piperidine rings is 1. The van der Waals surface area contributed by atoms with Gasteiger partial charge < -0.3 is 10.6 Å². The summed E-state index contributed by atoms with van der Waals surface area (Å²) in [6, 6.07) is 8.80. The number of nitrogens with one attached hydrogen (secondary N) is 2. The fourth-order valence-corrected chi connectivity index (χ4v) is 5.02. The molecule has 2 aliphatic rings. The van der Waals surface area contributed by atoms with Crippen molar-refractivity contribution in [2.24, 2.45) is 10.9 Å². The highest BCUT2D eigenvalue weighted by atomic mass is 127. The first-order chi connectivity index (χ1) is 14.4. The van der Waals surface area contributed by atoms with Crippen LogP contribution in [0.1, 0.15) is 43.7 Å². The third-order valence-corrected chi connectivity index (χ3v) is 7.30. The molecule has 0 atom stereocenters. The van der Waals surface area contributed by atoms with Crippen molar-refractivity contribution in [3.63, 3.8) is 0 Å². The molecule has 7 nitrogen and oxygen atoms in total. The molecule has 0 amide bonds. The Bertz CT molecular complexity index is 787. The van der Waals surface area contributed by atoms with E-state index < -0.39 is 10.0 Å². The average Bonchev–Trinajstić information content (AvgIpc) is 3.24. The van der Waals surface area contributed by atoms with Gasteiger partial charge in [0.1, 0.15) is 0 Å². The van der Waals surface area contributed by atoms with Crippen LogP contribution in [0.2, 0.25) is 0 Å². The van der Waals surface area contributed by atoms with E-state index in [1.54, 1.807) is 4.31 Å². The molecule has 3 rings (SSSR count). The van der Waals surface area contributed by atoms with Crippen LogP contribution in [0.15, 0.2) is 29.3 Å². The van der Waals surface area contributed by atoms with Gasteiger partial charge in [-0.3, -0.25) is 4.90 Å². The second-order valence-electron chi connectivity index (χ2n) is 8.48. The second kappa shape index (κ2) is 13.0. The van der Waals surface area contributed by atoms with Crippen LogP contribution in [0.5, 0.6) is 0 Å². The quantitative estimate of drug-likeness (QED) is 0.289. The number of halogens is 1. The number of sulfonamides is 1. The van der Waals surface area contributed by atoms with Crippen LogP contribution in [0.25, 0.3) is 0 Å². The van der Waals surface area contributed by atoms with Gasteiger partial charge in [0, 0.05) is 32.7 Å². The molecule has 2 heterocycles. The molecule has 2 N–H and O–H groups in total.